The first-order valence-electron chi connectivity index (χ1n) is 6.49. The molecular formula is C15H16FN3O2. The van der Waals surface area contributed by atoms with Gasteiger partial charge in [-0.25, -0.2) is 4.39 Å². The molecule has 0 bridgehead atoms. The quantitative estimate of drug-likeness (QED) is 0.689. The molecule has 21 heavy (non-hydrogen) atoms. The summed E-state index contributed by atoms with van der Waals surface area (Å²) in [7, 11) is 0. The maximum Gasteiger partial charge on any atom is 0.278 e. The maximum absolute atomic E-state index is 13.5. The van der Waals surface area contributed by atoms with Gasteiger partial charge in [-0.15, -0.1) is 0 Å². The third-order valence-corrected chi connectivity index (χ3v) is 3.39. The van der Waals surface area contributed by atoms with Crippen molar-refractivity contribution in [2.24, 2.45) is 0 Å². The fourth-order valence-corrected chi connectivity index (χ4v) is 2.11. The number of halogens is 1. The van der Waals surface area contributed by atoms with Gasteiger partial charge >= 0.3 is 0 Å². The monoisotopic (exact) mass is 289 g/mol. The van der Waals surface area contributed by atoms with Crippen molar-refractivity contribution in [3.8, 4) is 0 Å². The predicted octanol–water partition coefficient (Wildman–Crippen LogP) is 3.67. The second-order valence-corrected chi connectivity index (χ2v) is 4.94. The number of hydrogen-bond donors (Lipinski definition) is 1. The molecule has 0 spiro atoms. The molecule has 0 radical (unpaired) electrons. The highest BCUT2D eigenvalue weighted by Gasteiger charge is 2.18. The van der Waals surface area contributed by atoms with Gasteiger partial charge in [0.25, 0.3) is 5.69 Å². The Kier molecular flexibility index (Phi) is 4.16. The van der Waals surface area contributed by atoms with Gasteiger partial charge in [0, 0.05) is 17.4 Å². The maximum atomic E-state index is 13.5. The number of aryl methyl sites for hydroxylation is 2. The molecule has 6 heteroatoms. The molecule has 0 unspecified atom stereocenters. The molecule has 0 saturated carbocycles. The molecule has 0 aliphatic heterocycles. The summed E-state index contributed by atoms with van der Waals surface area (Å²) >= 11 is 0. The lowest BCUT2D eigenvalue weighted by atomic mass is 10.1. The number of pyridine rings is 1. The third-order valence-electron chi connectivity index (χ3n) is 3.39. The lowest BCUT2D eigenvalue weighted by Gasteiger charge is -2.10. The number of aromatic nitrogens is 1. The number of hydrogen-bond acceptors (Lipinski definition) is 4. The summed E-state index contributed by atoms with van der Waals surface area (Å²) in [5.74, 6) is -0.292. The van der Waals surface area contributed by atoms with Crippen LogP contribution in [-0.4, -0.2) is 9.91 Å². The standard InChI is InChI=1S/C15H16FN3O2/c1-9-4-5-12(6-13(9)16)17-8-14-11(3)15(19(20)21)10(2)7-18-14/h4-7,17H,8H2,1-3H3. The number of rotatable bonds is 4. The molecule has 2 aromatic rings. The Labute approximate surface area is 122 Å². The minimum Gasteiger partial charge on any atom is -0.379 e. The van der Waals surface area contributed by atoms with Gasteiger partial charge in [0.1, 0.15) is 5.82 Å². The topological polar surface area (TPSA) is 68.1 Å². The van der Waals surface area contributed by atoms with Gasteiger partial charge in [0.05, 0.1) is 22.7 Å². The number of nitrogens with zero attached hydrogens (tertiary/aromatic N) is 2. The van der Waals surface area contributed by atoms with E-state index in [0.29, 0.717) is 34.6 Å². The van der Waals surface area contributed by atoms with Crippen LogP contribution < -0.4 is 5.32 Å². The fraction of sp³-hybridized carbons (Fsp3) is 0.267. The Hall–Kier alpha value is -2.50. The van der Waals surface area contributed by atoms with E-state index in [2.05, 4.69) is 10.3 Å². The molecule has 0 aliphatic rings. The zero-order valence-corrected chi connectivity index (χ0v) is 12.1. The van der Waals surface area contributed by atoms with E-state index in [1.165, 1.54) is 12.3 Å². The van der Waals surface area contributed by atoms with Crippen LogP contribution in [0.4, 0.5) is 15.8 Å². The highest BCUT2D eigenvalue weighted by Crippen LogP contribution is 2.24. The molecule has 5 nitrogen and oxygen atoms in total. The van der Waals surface area contributed by atoms with E-state index >= 15 is 0 Å². The van der Waals surface area contributed by atoms with E-state index in [4.69, 9.17) is 0 Å². The molecule has 1 N–H and O–H groups in total. The minimum atomic E-state index is -0.401. The molecule has 1 aromatic carbocycles. The molecule has 0 amide bonds. The smallest absolute Gasteiger partial charge is 0.278 e. The van der Waals surface area contributed by atoms with Crippen LogP contribution in [0.5, 0.6) is 0 Å². The first kappa shape index (κ1) is 14.9. The van der Waals surface area contributed by atoms with Crippen molar-refractivity contribution in [1.82, 2.24) is 4.98 Å². The van der Waals surface area contributed by atoms with Crippen LogP contribution in [-0.2, 0) is 6.54 Å². The summed E-state index contributed by atoms with van der Waals surface area (Å²) in [5.41, 5.74) is 2.90. The van der Waals surface area contributed by atoms with Crippen molar-refractivity contribution in [2.45, 2.75) is 27.3 Å². The van der Waals surface area contributed by atoms with Crippen molar-refractivity contribution >= 4 is 11.4 Å². The normalized spacial score (nSPS) is 10.5. The lowest BCUT2D eigenvalue weighted by molar-refractivity contribution is -0.386. The molecule has 1 heterocycles. The van der Waals surface area contributed by atoms with Gasteiger partial charge < -0.3 is 5.32 Å². The number of nitrogens with one attached hydrogen (secondary N) is 1. The molecule has 110 valence electrons. The number of benzene rings is 1. The van der Waals surface area contributed by atoms with Gasteiger partial charge in [-0.1, -0.05) is 6.07 Å². The Morgan fingerprint density at radius 1 is 1.29 bits per heavy atom. The average Bonchev–Trinajstić information content (AvgIpc) is 2.41. The molecule has 0 saturated heterocycles. The first-order chi connectivity index (χ1) is 9.90. The SMILES string of the molecule is Cc1ccc(NCc2ncc(C)c([N+](=O)[O-])c2C)cc1F. The van der Waals surface area contributed by atoms with Crippen molar-refractivity contribution < 1.29 is 9.31 Å². The highest BCUT2D eigenvalue weighted by molar-refractivity contribution is 5.50. The molecular weight excluding hydrogens is 273 g/mol. The van der Waals surface area contributed by atoms with E-state index in [1.807, 2.05) is 0 Å². The van der Waals surface area contributed by atoms with Crippen LogP contribution in [0.3, 0.4) is 0 Å². The fourth-order valence-electron chi connectivity index (χ4n) is 2.11. The van der Waals surface area contributed by atoms with Crippen LogP contribution in [0.15, 0.2) is 24.4 Å². The second-order valence-electron chi connectivity index (χ2n) is 4.94. The van der Waals surface area contributed by atoms with Crippen LogP contribution in [0.2, 0.25) is 0 Å². The molecule has 0 aliphatic carbocycles. The molecule has 1 aromatic heterocycles. The van der Waals surface area contributed by atoms with E-state index in [9.17, 15) is 14.5 Å². The molecule has 2 rings (SSSR count). The van der Waals surface area contributed by atoms with E-state index in [1.54, 1.807) is 32.9 Å². The Morgan fingerprint density at radius 3 is 2.62 bits per heavy atom. The van der Waals surface area contributed by atoms with Crippen LogP contribution >= 0.6 is 0 Å². The van der Waals surface area contributed by atoms with Crippen LogP contribution in [0.1, 0.15) is 22.4 Å². The van der Waals surface area contributed by atoms with E-state index < -0.39 is 4.92 Å². The summed E-state index contributed by atoms with van der Waals surface area (Å²) in [6.45, 7) is 5.32. The molecule has 0 atom stereocenters. The van der Waals surface area contributed by atoms with Crippen molar-refractivity contribution in [3.05, 3.63) is 62.7 Å². The van der Waals surface area contributed by atoms with Gasteiger partial charge in [0.15, 0.2) is 0 Å². The highest BCUT2D eigenvalue weighted by atomic mass is 19.1. The molecule has 0 fully saturated rings. The summed E-state index contributed by atoms with van der Waals surface area (Å²) in [6, 6.07) is 4.83. The van der Waals surface area contributed by atoms with Gasteiger partial charge in [0.2, 0.25) is 0 Å². The average molecular weight is 289 g/mol. The van der Waals surface area contributed by atoms with Crippen molar-refractivity contribution in [3.63, 3.8) is 0 Å². The summed E-state index contributed by atoms with van der Waals surface area (Å²) in [5, 5.41) is 14.1. The number of anilines is 1. The zero-order chi connectivity index (χ0) is 15.6. The largest absolute Gasteiger partial charge is 0.379 e. The van der Waals surface area contributed by atoms with Crippen LogP contribution in [0, 0.1) is 36.7 Å². The lowest BCUT2D eigenvalue weighted by Crippen LogP contribution is -2.07. The van der Waals surface area contributed by atoms with E-state index in [0.717, 1.165) is 0 Å². The Morgan fingerprint density at radius 2 is 2.00 bits per heavy atom. The minimum absolute atomic E-state index is 0.0805. The van der Waals surface area contributed by atoms with Gasteiger partial charge in [-0.05, 0) is 38.5 Å². The van der Waals surface area contributed by atoms with Gasteiger partial charge in [-0.2, -0.15) is 0 Å². The first-order valence-corrected chi connectivity index (χ1v) is 6.49. The third kappa shape index (κ3) is 3.16. The van der Waals surface area contributed by atoms with Gasteiger partial charge in [-0.3, -0.25) is 15.1 Å². The second kappa shape index (κ2) is 5.87. The van der Waals surface area contributed by atoms with Crippen molar-refractivity contribution in [2.75, 3.05) is 5.32 Å². The summed E-state index contributed by atoms with van der Waals surface area (Å²) in [6.07, 6.45) is 1.48. The predicted molar refractivity (Wildman–Crippen MR) is 78.8 cm³/mol. The summed E-state index contributed by atoms with van der Waals surface area (Å²) < 4.78 is 13.5. The zero-order valence-electron chi connectivity index (χ0n) is 12.1. The number of nitro groups is 1. The Bertz CT molecular complexity index is 702. The van der Waals surface area contributed by atoms with Crippen LogP contribution in [0.25, 0.3) is 0 Å². The van der Waals surface area contributed by atoms with E-state index in [-0.39, 0.29) is 11.5 Å². The Balaban J connectivity index is 2.22. The van der Waals surface area contributed by atoms with Crippen molar-refractivity contribution in [1.29, 1.82) is 0 Å². The summed E-state index contributed by atoms with van der Waals surface area (Å²) in [4.78, 5) is 14.9.